The predicted octanol–water partition coefficient (Wildman–Crippen LogP) is 2.10. The van der Waals surface area contributed by atoms with Crippen LogP contribution in [-0.4, -0.2) is 39.0 Å². The number of carbonyl (C=O) groups is 1. The van der Waals surface area contributed by atoms with Crippen molar-refractivity contribution in [2.75, 3.05) is 13.1 Å². The summed E-state index contributed by atoms with van der Waals surface area (Å²) in [5, 5.41) is 3.99. The van der Waals surface area contributed by atoms with Crippen LogP contribution in [0.3, 0.4) is 0 Å². The molecule has 0 unspecified atom stereocenters. The van der Waals surface area contributed by atoms with Gasteiger partial charge in [-0.1, -0.05) is 19.0 Å². The van der Waals surface area contributed by atoms with Crippen LogP contribution in [0.15, 0.2) is 29.0 Å². The first-order chi connectivity index (χ1) is 10.1. The summed E-state index contributed by atoms with van der Waals surface area (Å²) >= 11 is 0. The molecule has 2 aromatic rings. The van der Waals surface area contributed by atoms with Crippen LogP contribution in [0.1, 0.15) is 32.1 Å². The molecule has 6 nitrogen and oxygen atoms in total. The molecule has 1 saturated heterocycles. The van der Waals surface area contributed by atoms with E-state index in [1.54, 1.807) is 12.4 Å². The number of rotatable bonds is 4. The van der Waals surface area contributed by atoms with Crippen LogP contribution in [0.5, 0.6) is 0 Å². The van der Waals surface area contributed by atoms with Crippen LogP contribution in [-0.2, 0) is 4.79 Å². The fraction of sp³-hybridized carbons (Fsp3) is 0.467. The summed E-state index contributed by atoms with van der Waals surface area (Å²) in [5.41, 5.74) is 0.882. The smallest absolute Gasteiger partial charge is 0.233 e. The van der Waals surface area contributed by atoms with Crippen LogP contribution in [0.2, 0.25) is 0 Å². The average Bonchev–Trinajstić information content (AvgIpc) is 2.86. The molecule has 1 aliphatic rings. The molecule has 21 heavy (non-hydrogen) atoms. The molecule has 0 atom stereocenters. The van der Waals surface area contributed by atoms with Gasteiger partial charge in [0.25, 0.3) is 0 Å². The van der Waals surface area contributed by atoms with E-state index in [2.05, 4.69) is 15.1 Å². The van der Waals surface area contributed by atoms with Crippen LogP contribution >= 0.6 is 0 Å². The zero-order valence-corrected chi connectivity index (χ0v) is 12.2. The van der Waals surface area contributed by atoms with E-state index < -0.39 is 0 Å². The van der Waals surface area contributed by atoms with Crippen molar-refractivity contribution in [3.63, 3.8) is 0 Å². The van der Waals surface area contributed by atoms with Crippen molar-refractivity contribution < 1.29 is 9.32 Å². The molecule has 1 aliphatic heterocycles. The molecule has 0 saturated carbocycles. The second kappa shape index (κ2) is 5.63. The molecule has 2 aromatic heterocycles. The third kappa shape index (κ3) is 2.94. The Morgan fingerprint density at radius 1 is 1.38 bits per heavy atom. The molecular weight excluding hydrogens is 268 g/mol. The minimum atomic E-state index is 0.157. The first kappa shape index (κ1) is 13.7. The average molecular weight is 286 g/mol. The van der Waals surface area contributed by atoms with Gasteiger partial charge in [-0.3, -0.25) is 9.78 Å². The summed E-state index contributed by atoms with van der Waals surface area (Å²) in [7, 11) is 0. The Balaban J connectivity index is 1.61. The van der Waals surface area contributed by atoms with E-state index in [-0.39, 0.29) is 11.8 Å². The number of hydrogen-bond donors (Lipinski definition) is 0. The molecule has 0 radical (unpaired) electrons. The van der Waals surface area contributed by atoms with E-state index in [0.29, 0.717) is 37.1 Å². The molecular formula is C15H18N4O2. The highest BCUT2D eigenvalue weighted by Crippen LogP contribution is 2.28. The lowest BCUT2D eigenvalue weighted by Gasteiger charge is -2.37. The highest BCUT2D eigenvalue weighted by molar-refractivity contribution is 5.77. The van der Waals surface area contributed by atoms with Crippen molar-refractivity contribution in [1.82, 2.24) is 20.0 Å². The molecule has 0 spiro atoms. The van der Waals surface area contributed by atoms with Gasteiger partial charge in [-0.2, -0.15) is 4.98 Å². The van der Waals surface area contributed by atoms with E-state index in [4.69, 9.17) is 4.52 Å². The Bertz CT molecular complexity index is 618. The monoisotopic (exact) mass is 286 g/mol. The Morgan fingerprint density at radius 2 is 2.10 bits per heavy atom. The number of pyridine rings is 1. The maximum absolute atomic E-state index is 11.9. The van der Waals surface area contributed by atoms with Crippen molar-refractivity contribution in [2.45, 2.75) is 26.2 Å². The quantitative estimate of drug-likeness (QED) is 0.860. The van der Waals surface area contributed by atoms with E-state index in [0.717, 1.165) is 5.56 Å². The Morgan fingerprint density at radius 3 is 2.76 bits per heavy atom. The van der Waals surface area contributed by atoms with E-state index in [1.807, 2.05) is 30.9 Å². The molecule has 1 fully saturated rings. The standard InChI is InChI=1S/C15H18N4O2/c1-10(2)7-13(20)19-8-12(9-19)15-17-14(18-21-15)11-3-5-16-6-4-11/h3-6,10,12H,7-9H2,1-2H3. The Hall–Kier alpha value is -2.24. The Labute approximate surface area is 123 Å². The van der Waals surface area contributed by atoms with Crippen LogP contribution in [0, 0.1) is 5.92 Å². The van der Waals surface area contributed by atoms with Crippen molar-refractivity contribution in [2.24, 2.45) is 5.92 Å². The third-order valence-corrected chi connectivity index (χ3v) is 3.55. The first-order valence-corrected chi connectivity index (χ1v) is 7.15. The maximum Gasteiger partial charge on any atom is 0.233 e. The fourth-order valence-electron chi connectivity index (χ4n) is 2.34. The van der Waals surface area contributed by atoms with Gasteiger partial charge >= 0.3 is 0 Å². The summed E-state index contributed by atoms with van der Waals surface area (Å²) in [4.78, 5) is 22.1. The van der Waals surface area contributed by atoms with Gasteiger partial charge in [0, 0.05) is 37.5 Å². The molecule has 1 amide bonds. The SMILES string of the molecule is CC(C)CC(=O)N1CC(c2nc(-c3ccncc3)no2)C1. The second-order valence-corrected chi connectivity index (χ2v) is 5.79. The lowest BCUT2D eigenvalue weighted by atomic mass is 9.98. The molecule has 0 bridgehead atoms. The topological polar surface area (TPSA) is 72.1 Å². The van der Waals surface area contributed by atoms with Crippen molar-refractivity contribution >= 4 is 5.91 Å². The second-order valence-electron chi connectivity index (χ2n) is 5.79. The zero-order valence-electron chi connectivity index (χ0n) is 12.2. The normalized spacial score (nSPS) is 15.3. The van der Waals surface area contributed by atoms with E-state index >= 15 is 0 Å². The molecule has 3 heterocycles. The minimum absolute atomic E-state index is 0.157. The Kier molecular flexibility index (Phi) is 3.68. The number of hydrogen-bond acceptors (Lipinski definition) is 5. The van der Waals surface area contributed by atoms with Crippen molar-refractivity contribution in [3.05, 3.63) is 30.4 Å². The molecule has 3 rings (SSSR count). The van der Waals surface area contributed by atoms with Crippen LogP contribution in [0.4, 0.5) is 0 Å². The van der Waals surface area contributed by atoms with Crippen LogP contribution in [0.25, 0.3) is 11.4 Å². The molecule has 0 aromatic carbocycles. The van der Waals surface area contributed by atoms with Crippen LogP contribution < -0.4 is 0 Å². The van der Waals surface area contributed by atoms with Gasteiger partial charge in [-0.25, -0.2) is 0 Å². The summed E-state index contributed by atoms with van der Waals surface area (Å²) < 4.78 is 5.31. The number of amides is 1. The highest BCUT2D eigenvalue weighted by Gasteiger charge is 2.35. The summed E-state index contributed by atoms with van der Waals surface area (Å²) in [6.07, 6.45) is 3.99. The number of likely N-dealkylation sites (tertiary alicyclic amines) is 1. The molecule has 110 valence electrons. The number of carbonyl (C=O) groups excluding carboxylic acids is 1. The van der Waals surface area contributed by atoms with E-state index in [1.165, 1.54) is 0 Å². The first-order valence-electron chi connectivity index (χ1n) is 7.15. The number of nitrogens with zero attached hydrogens (tertiary/aromatic N) is 4. The van der Waals surface area contributed by atoms with Gasteiger partial charge in [0.1, 0.15) is 0 Å². The maximum atomic E-state index is 11.9. The number of aromatic nitrogens is 3. The summed E-state index contributed by atoms with van der Waals surface area (Å²) in [5.74, 6) is 1.92. The lowest BCUT2D eigenvalue weighted by molar-refractivity contribution is -0.136. The fourth-order valence-corrected chi connectivity index (χ4v) is 2.34. The summed E-state index contributed by atoms with van der Waals surface area (Å²) in [6.45, 7) is 5.44. The van der Waals surface area contributed by atoms with Crippen molar-refractivity contribution in [1.29, 1.82) is 0 Å². The minimum Gasteiger partial charge on any atom is -0.341 e. The van der Waals surface area contributed by atoms with Gasteiger partial charge in [0.15, 0.2) is 0 Å². The predicted molar refractivity (Wildman–Crippen MR) is 76.3 cm³/mol. The third-order valence-electron chi connectivity index (χ3n) is 3.55. The van der Waals surface area contributed by atoms with Gasteiger partial charge in [-0.15, -0.1) is 0 Å². The van der Waals surface area contributed by atoms with Gasteiger partial charge < -0.3 is 9.42 Å². The van der Waals surface area contributed by atoms with Gasteiger partial charge in [-0.05, 0) is 18.1 Å². The molecule has 0 N–H and O–H groups in total. The van der Waals surface area contributed by atoms with Crippen molar-refractivity contribution in [3.8, 4) is 11.4 Å². The molecule has 0 aliphatic carbocycles. The van der Waals surface area contributed by atoms with Gasteiger partial charge in [0.05, 0.1) is 5.92 Å². The largest absolute Gasteiger partial charge is 0.341 e. The molecule has 6 heteroatoms. The van der Waals surface area contributed by atoms with E-state index in [9.17, 15) is 4.79 Å². The zero-order chi connectivity index (χ0) is 14.8. The highest BCUT2D eigenvalue weighted by atomic mass is 16.5. The lowest BCUT2D eigenvalue weighted by Crippen LogP contribution is -2.48. The van der Waals surface area contributed by atoms with Gasteiger partial charge in [0.2, 0.25) is 17.6 Å². The summed E-state index contributed by atoms with van der Waals surface area (Å²) in [6, 6.07) is 3.68.